The van der Waals surface area contributed by atoms with Gasteiger partial charge in [-0.05, 0) is 55.2 Å². The maximum atomic E-state index is 6.09. The Morgan fingerprint density at radius 1 is 1.10 bits per heavy atom. The summed E-state index contributed by atoms with van der Waals surface area (Å²) in [6.45, 7) is 5.17. The Morgan fingerprint density at radius 2 is 1.93 bits per heavy atom. The van der Waals surface area contributed by atoms with Gasteiger partial charge < -0.3 is 19.4 Å². The highest BCUT2D eigenvalue weighted by Gasteiger charge is 2.30. The van der Waals surface area contributed by atoms with E-state index >= 15 is 0 Å². The Kier molecular flexibility index (Phi) is 6.54. The van der Waals surface area contributed by atoms with Gasteiger partial charge in [-0.1, -0.05) is 12.1 Å². The molecule has 1 N–H and O–H groups in total. The fourth-order valence-corrected chi connectivity index (χ4v) is 3.69. The standard InChI is InChI=1S/C23H28N4O2/c1-2-27-14-13-25-23(27)22-21(4-3-15-28-22)26-16-18-5-7-20(8-6-18)29-17-19-9-11-24-12-10-19/h5-14,21-22,26H,2-4,15-17H2,1H3/t21-,22-/m0/s1. The number of imidazole rings is 1. The minimum Gasteiger partial charge on any atom is -0.489 e. The predicted molar refractivity (Wildman–Crippen MR) is 111 cm³/mol. The molecule has 0 bridgehead atoms. The van der Waals surface area contributed by atoms with Crippen LogP contribution in [0.25, 0.3) is 0 Å². The molecule has 3 heterocycles. The van der Waals surface area contributed by atoms with Crippen LogP contribution in [0.3, 0.4) is 0 Å². The van der Waals surface area contributed by atoms with E-state index in [1.165, 1.54) is 5.56 Å². The summed E-state index contributed by atoms with van der Waals surface area (Å²) >= 11 is 0. The summed E-state index contributed by atoms with van der Waals surface area (Å²) in [6, 6.07) is 12.5. The number of ether oxygens (including phenoxy) is 2. The summed E-state index contributed by atoms with van der Waals surface area (Å²) in [5.41, 5.74) is 2.34. The first-order chi connectivity index (χ1) is 14.3. The van der Waals surface area contributed by atoms with E-state index in [0.29, 0.717) is 6.61 Å². The number of hydrogen-bond acceptors (Lipinski definition) is 5. The zero-order chi connectivity index (χ0) is 19.9. The molecule has 4 rings (SSSR count). The molecule has 1 aromatic carbocycles. The largest absolute Gasteiger partial charge is 0.489 e. The molecule has 29 heavy (non-hydrogen) atoms. The molecule has 1 fully saturated rings. The molecule has 6 nitrogen and oxygen atoms in total. The molecule has 6 heteroatoms. The summed E-state index contributed by atoms with van der Waals surface area (Å²) in [7, 11) is 0. The fourth-order valence-electron chi connectivity index (χ4n) is 3.69. The van der Waals surface area contributed by atoms with E-state index in [1.54, 1.807) is 12.4 Å². The van der Waals surface area contributed by atoms with Gasteiger partial charge >= 0.3 is 0 Å². The van der Waals surface area contributed by atoms with Crippen molar-refractivity contribution < 1.29 is 9.47 Å². The molecular formula is C23H28N4O2. The monoisotopic (exact) mass is 392 g/mol. The van der Waals surface area contributed by atoms with E-state index in [-0.39, 0.29) is 12.1 Å². The highest BCUT2D eigenvalue weighted by molar-refractivity contribution is 5.27. The van der Waals surface area contributed by atoms with Crippen molar-refractivity contribution in [3.05, 3.63) is 78.1 Å². The predicted octanol–water partition coefficient (Wildman–Crippen LogP) is 3.89. The third kappa shape index (κ3) is 5.02. The number of hydrogen-bond donors (Lipinski definition) is 1. The van der Waals surface area contributed by atoms with Gasteiger partial charge in [-0.3, -0.25) is 4.98 Å². The van der Waals surface area contributed by atoms with Gasteiger partial charge in [-0.2, -0.15) is 0 Å². The van der Waals surface area contributed by atoms with E-state index in [4.69, 9.17) is 9.47 Å². The number of benzene rings is 1. The molecule has 1 saturated heterocycles. The van der Waals surface area contributed by atoms with Crippen LogP contribution in [0.5, 0.6) is 5.75 Å². The van der Waals surface area contributed by atoms with Gasteiger partial charge in [-0.25, -0.2) is 4.98 Å². The second-order valence-electron chi connectivity index (χ2n) is 7.28. The maximum Gasteiger partial charge on any atom is 0.139 e. The third-order valence-electron chi connectivity index (χ3n) is 5.31. The van der Waals surface area contributed by atoms with Gasteiger partial charge in [0.15, 0.2) is 0 Å². The molecule has 0 aliphatic carbocycles. The van der Waals surface area contributed by atoms with Crippen LogP contribution in [-0.4, -0.2) is 27.2 Å². The molecular weight excluding hydrogens is 364 g/mol. The van der Waals surface area contributed by atoms with Crippen molar-refractivity contribution in [2.45, 2.75) is 51.6 Å². The highest BCUT2D eigenvalue weighted by Crippen LogP contribution is 2.28. The molecule has 1 aliphatic rings. The zero-order valence-corrected chi connectivity index (χ0v) is 16.8. The second-order valence-corrected chi connectivity index (χ2v) is 7.28. The van der Waals surface area contributed by atoms with E-state index in [0.717, 1.165) is 49.7 Å². The Morgan fingerprint density at radius 3 is 2.72 bits per heavy atom. The minimum absolute atomic E-state index is 0.00155. The van der Waals surface area contributed by atoms with Gasteiger partial charge in [-0.15, -0.1) is 0 Å². The van der Waals surface area contributed by atoms with Crippen LogP contribution >= 0.6 is 0 Å². The Labute approximate surface area is 171 Å². The zero-order valence-electron chi connectivity index (χ0n) is 16.8. The Hall–Kier alpha value is -2.70. The first-order valence-corrected chi connectivity index (χ1v) is 10.3. The second kappa shape index (κ2) is 9.67. The van der Waals surface area contributed by atoms with E-state index in [1.807, 2.05) is 36.7 Å². The lowest BCUT2D eigenvalue weighted by atomic mass is 10.0. The number of pyridine rings is 1. The first kappa shape index (κ1) is 19.6. The van der Waals surface area contributed by atoms with E-state index < -0.39 is 0 Å². The van der Waals surface area contributed by atoms with Crippen LogP contribution in [0.2, 0.25) is 0 Å². The Balaban J connectivity index is 1.33. The number of rotatable bonds is 8. The van der Waals surface area contributed by atoms with E-state index in [9.17, 15) is 0 Å². The highest BCUT2D eigenvalue weighted by atomic mass is 16.5. The smallest absolute Gasteiger partial charge is 0.139 e. The molecule has 0 radical (unpaired) electrons. The van der Waals surface area contributed by atoms with Crippen molar-refractivity contribution in [1.82, 2.24) is 19.9 Å². The molecule has 0 amide bonds. The molecule has 0 spiro atoms. The van der Waals surface area contributed by atoms with Crippen molar-refractivity contribution in [1.29, 1.82) is 0 Å². The average molecular weight is 393 g/mol. The first-order valence-electron chi connectivity index (χ1n) is 10.3. The Bertz CT molecular complexity index is 879. The van der Waals surface area contributed by atoms with E-state index in [2.05, 4.69) is 38.9 Å². The molecule has 3 aromatic rings. The quantitative estimate of drug-likeness (QED) is 0.630. The van der Waals surface area contributed by atoms with Crippen LogP contribution in [0.15, 0.2) is 61.2 Å². The molecule has 152 valence electrons. The lowest BCUT2D eigenvalue weighted by molar-refractivity contribution is -0.0182. The number of nitrogens with zero attached hydrogens (tertiary/aromatic N) is 3. The van der Waals surface area contributed by atoms with Crippen LogP contribution in [-0.2, 0) is 24.4 Å². The van der Waals surface area contributed by atoms with Crippen molar-refractivity contribution in [2.75, 3.05) is 6.61 Å². The van der Waals surface area contributed by atoms with Crippen LogP contribution in [0.1, 0.15) is 42.8 Å². The maximum absolute atomic E-state index is 6.09. The SMILES string of the molecule is CCn1ccnc1[C@H]1OCCC[C@@H]1NCc1ccc(OCc2ccncc2)cc1. The number of nitrogens with one attached hydrogen (secondary N) is 1. The van der Waals surface area contributed by atoms with Crippen molar-refractivity contribution in [3.8, 4) is 5.75 Å². The minimum atomic E-state index is 0.00155. The third-order valence-corrected chi connectivity index (χ3v) is 5.31. The van der Waals surface area contributed by atoms with Crippen molar-refractivity contribution in [3.63, 3.8) is 0 Å². The van der Waals surface area contributed by atoms with Gasteiger partial charge in [0.05, 0.1) is 0 Å². The van der Waals surface area contributed by atoms with Gasteiger partial charge in [0.1, 0.15) is 24.3 Å². The van der Waals surface area contributed by atoms with Gasteiger partial charge in [0, 0.05) is 50.5 Å². The fraction of sp³-hybridized carbons (Fsp3) is 0.391. The summed E-state index contributed by atoms with van der Waals surface area (Å²) in [5, 5.41) is 3.68. The van der Waals surface area contributed by atoms with Gasteiger partial charge in [0.25, 0.3) is 0 Å². The summed E-state index contributed by atoms with van der Waals surface area (Å²) in [6.07, 6.45) is 9.61. The van der Waals surface area contributed by atoms with Crippen LogP contribution in [0, 0.1) is 0 Å². The average Bonchev–Trinajstić information content (AvgIpc) is 3.26. The molecule has 0 saturated carbocycles. The topological polar surface area (TPSA) is 61.2 Å². The molecule has 2 atom stereocenters. The lowest BCUT2D eigenvalue weighted by Crippen LogP contribution is -2.40. The van der Waals surface area contributed by atoms with Gasteiger partial charge in [0.2, 0.25) is 0 Å². The molecule has 2 aromatic heterocycles. The molecule has 1 aliphatic heterocycles. The number of aryl methyl sites for hydroxylation is 1. The van der Waals surface area contributed by atoms with Crippen molar-refractivity contribution >= 4 is 0 Å². The summed E-state index contributed by atoms with van der Waals surface area (Å²) < 4.78 is 14.1. The summed E-state index contributed by atoms with van der Waals surface area (Å²) in [4.78, 5) is 8.58. The normalized spacial score (nSPS) is 19.2. The van der Waals surface area contributed by atoms with Crippen LogP contribution < -0.4 is 10.1 Å². The van der Waals surface area contributed by atoms with Crippen LogP contribution in [0.4, 0.5) is 0 Å². The molecule has 0 unspecified atom stereocenters. The van der Waals surface area contributed by atoms with Crippen molar-refractivity contribution in [2.24, 2.45) is 0 Å². The lowest BCUT2D eigenvalue weighted by Gasteiger charge is -2.32. The number of aromatic nitrogens is 3. The summed E-state index contributed by atoms with van der Waals surface area (Å²) in [5.74, 6) is 1.89.